The van der Waals surface area contributed by atoms with Crippen molar-refractivity contribution in [1.82, 2.24) is 15.2 Å². The summed E-state index contributed by atoms with van der Waals surface area (Å²) >= 11 is 0. The third-order valence-electron chi connectivity index (χ3n) is 7.07. The first-order valence-electron chi connectivity index (χ1n) is 14.3. The van der Waals surface area contributed by atoms with Crippen LogP contribution in [0.25, 0.3) is 11.1 Å². The first-order chi connectivity index (χ1) is 21.4. The van der Waals surface area contributed by atoms with Crippen LogP contribution in [0.1, 0.15) is 34.2 Å². The zero-order valence-corrected chi connectivity index (χ0v) is 24.7. The first-order valence-corrected chi connectivity index (χ1v) is 14.3. The highest BCUT2D eigenvalue weighted by molar-refractivity contribution is 5.72. The van der Waals surface area contributed by atoms with Gasteiger partial charge in [0.1, 0.15) is 44.0 Å². The van der Waals surface area contributed by atoms with Gasteiger partial charge in [0.05, 0.1) is 5.56 Å². The maximum Gasteiger partial charge on any atom is 0.264 e. The van der Waals surface area contributed by atoms with Gasteiger partial charge >= 0.3 is 0 Å². The van der Waals surface area contributed by atoms with E-state index in [0.29, 0.717) is 65.0 Å². The summed E-state index contributed by atoms with van der Waals surface area (Å²) in [6.45, 7) is 3.22. The molecule has 44 heavy (non-hydrogen) atoms. The Balaban J connectivity index is 1.36. The third-order valence-corrected chi connectivity index (χ3v) is 7.07. The minimum absolute atomic E-state index is 0.0634. The summed E-state index contributed by atoms with van der Waals surface area (Å²) in [6.07, 6.45) is 0.427. The number of aromatic nitrogens is 1. The standard InChI is InChI=1S/C34H34F2N4O4/c1-40(2)11-10-38-20-26-6-8-28(16-31(26)44-21-24-14-23(17-37)18-39-19-24)43-22-27-4-3-5-29(33(27)34(35)36)25-7-9-30-32(15-25)42-13-12-41-30/h3-9,14-16,18-19,34,38H,10-13,20-22H2,1-2H3. The molecular weight excluding hydrogens is 566 g/mol. The van der Waals surface area contributed by atoms with Gasteiger partial charge in [-0.2, -0.15) is 5.26 Å². The summed E-state index contributed by atoms with van der Waals surface area (Å²) in [5.41, 5.74) is 3.42. The topological polar surface area (TPSA) is 88.9 Å². The molecule has 0 unspecified atom stereocenters. The van der Waals surface area contributed by atoms with Gasteiger partial charge in [0.2, 0.25) is 0 Å². The van der Waals surface area contributed by atoms with Crippen molar-refractivity contribution in [2.45, 2.75) is 26.2 Å². The highest BCUT2D eigenvalue weighted by atomic mass is 19.3. The van der Waals surface area contributed by atoms with Crippen LogP contribution in [0.4, 0.5) is 8.78 Å². The largest absolute Gasteiger partial charge is 0.489 e. The van der Waals surface area contributed by atoms with Crippen LogP contribution in [0.15, 0.2) is 73.1 Å². The number of halogens is 2. The number of nitriles is 1. The van der Waals surface area contributed by atoms with E-state index in [0.717, 1.165) is 24.2 Å². The van der Waals surface area contributed by atoms with Crippen LogP contribution >= 0.6 is 0 Å². The number of likely N-dealkylation sites (N-methyl/N-ethyl adjacent to an activating group) is 1. The van der Waals surface area contributed by atoms with Gasteiger partial charge in [-0.05, 0) is 55.1 Å². The SMILES string of the molecule is CN(C)CCNCc1ccc(OCc2cccc(-c3ccc4c(c3)OCCO4)c2C(F)F)cc1OCc1cncc(C#N)c1. The van der Waals surface area contributed by atoms with Crippen LogP contribution in [0.2, 0.25) is 0 Å². The molecule has 0 bridgehead atoms. The maximum absolute atomic E-state index is 14.5. The highest BCUT2D eigenvalue weighted by Crippen LogP contribution is 2.39. The molecule has 0 aliphatic carbocycles. The number of fused-ring (bicyclic) bond motifs is 1. The lowest BCUT2D eigenvalue weighted by Gasteiger charge is -2.20. The van der Waals surface area contributed by atoms with E-state index in [1.54, 1.807) is 60.8 Å². The molecule has 10 heteroatoms. The van der Waals surface area contributed by atoms with Crippen molar-refractivity contribution in [3.8, 4) is 40.2 Å². The van der Waals surface area contributed by atoms with Crippen LogP contribution < -0.4 is 24.3 Å². The lowest BCUT2D eigenvalue weighted by Crippen LogP contribution is -2.26. The molecule has 1 aliphatic heterocycles. The number of nitrogens with one attached hydrogen (secondary N) is 1. The number of hydrogen-bond donors (Lipinski definition) is 1. The molecule has 0 atom stereocenters. The molecule has 5 rings (SSSR count). The average molecular weight is 601 g/mol. The van der Waals surface area contributed by atoms with E-state index in [1.165, 1.54) is 6.20 Å². The van der Waals surface area contributed by atoms with Crippen molar-refractivity contribution >= 4 is 0 Å². The van der Waals surface area contributed by atoms with E-state index in [-0.39, 0.29) is 18.8 Å². The number of benzene rings is 3. The summed E-state index contributed by atoms with van der Waals surface area (Å²) < 4.78 is 52.5. The summed E-state index contributed by atoms with van der Waals surface area (Å²) in [5, 5.41) is 12.6. The van der Waals surface area contributed by atoms with Gasteiger partial charge in [-0.1, -0.05) is 30.3 Å². The zero-order valence-electron chi connectivity index (χ0n) is 24.7. The Labute approximate surface area is 255 Å². The Kier molecular flexibility index (Phi) is 10.2. The predicted molar refractivity (Wildman–Crippen MR) is 162 cm³/mol. The minimum Gasteiger partial charge on any atom is -0.489 e. The van der Waals surface area contributed by atoms with Crippen LogP contribution in [-0.4, -0.2) is 50.3 Å². The number of nitrogens with zero attached hydrogens (tertiary/aromatic N) is 3. The molecule has 2 heterocycles. The monoisotopic (exact) mass is 600 g/mol. The van der Waals surface area contributed by atoms with Crippen molar-refractivity contribution < 1.29 is 27.7 Å². The number of ether oxygens (including phenoxy) is 4. The molecule has 228 valence electrons. The Bertz CT molecular complexity index is 1620. The van der Waals surface area contributed by atoms with E-state index < -0.39 is 6.43 Å². The van der Waals surface area contributed by atoms with Crippen molar-refractivity contribution in [3.63, 3.8) is 0 Å². The lowest BCUT2D eigenvalue weighted by atomic mass is 9.95. The molecule has 0 spiro atoms. The van der Waals surface area contributed by atoms with Crippen LogP contribution in [0, 0.1) is 11.3 Å². The molecular formula is C34H34F2N4O4. The summed E-state index contributed by atoms with van der Waals surface area (Å²) in [6, 6.07) is 19.6. The molecule has 3 aromatic carbocycles. The molecule has 1 aliphatic rings. The normalized spacial score (nSPS) is 12.3. The Hall–Kier alpha value is -4.72. The molecule has 0 saturated heterocycles. The molecule has 0 radical (unpaired) electrons. The number of pyridine rings is 1. The molecule has 1 N–H and O–H groups in total. The van der Waals surface area contributed by atoms with E-state index in [9.17, 15) is 14.0 Å². The van der Waals surface area contributed by atoms with Crippen molar-refractivity contribution in [2.24, 2.45) is 0 Å². The van der Waals surface area contributed by atoms with Crippen LogP contribution in [0.3, 0.4) is 0 Å². The molecule has 0 saturated carbocycles. The second-order valence-electron chi connectivity index (χ2n) is 10.6. The van der Waals surface area contributed by atoms with Crippen LogP contribution in [0.5, 0.6) is 23.0 Å². The van der Waals surface area contributed by atoms with Crippen molar-refractivity contribution in [1.29, 1.82) is 5.26 Å². The number of rotatable bonds is 13. The van der Waals surface area contributed by atoms with Crippen molar-refractivity contribution in [2.75, 3.05) is 40.4 Å². The fraction of sp³-hybridized carbons (Fsp3) is 0.294. The van der Waals surface area contributed by atoms with E-state index in [4.69, 9.17) is 18.9 Å². The second kappa shape index (κ2) is 14.6. The van der Waals surface area contributed by atoms with Gasteiger partial charge in [-0.15, -0.1) is 0 Å². The van der Waals surface area contributed by atoms with Crippen LogP contribution in [-0.2, 0) is 19.8 Å². The fourth-order valence-electron chi connectivity index (χ4n) is 4.84. The minimum atomic E-state index is -2.72. The predicted octanol–water partition coefficient (Wildman–Crippen LogP) is 6.14. The number of hydrogen-bond acceptors (Lipinski definition) is 8. The van der Waals surface area contributed by atoms with Gasteiger partial charge in [0, 0.05) is 54.8 Å². The van der Waals surface area contributed by atoms with E-state index in [2.05, 4.69) is 21.3 Å². The molecule has 0 amide bonds. The number of alkyl halides is 2. The summed E-state index contributed by atoms with van der Waals surface area (Å²) in [4.78, 5) is 6.19. The Morgan fingerprint density at radius 1 is 0.955 bits per heavy atom. The molecule has 0 fully saturated rings. The summed E-state index contributed by atoms with van der Waals surface area (Å²) in [5.74, 6) is 2.20. The lowest BCUT2D eigenvalue weighted by molar-refractivity contribution is 0.148. The van der Waals surface area contributed by atoms with Gasteiger partial charge in [-0.25, -0.2) is 8.78 Å². The zero-order chi connectivity index (χ0) is 30.9. The fourth-order valence-corrected chi connectivity index (χ4v) is 4.84. The van der Waals surface area contributed by atoms with Gasteiger partial charge in [-0.3, -0.25) is 4.98 Å². The van der Waals surface area contributed by atoms with Crippen molar-refractivity contribution in [3.05, 3.63) is 101 Å². The third kappa shape index (κ3) is 7.81. The highest BCUT2D eigenvalue weighted by Gasteiger charge is 2.21. The van der Waals surface area contributed by atoms with Gasteiger partial charge in [0.25, 0.3) is 6.43 Å². The second-order valence-corrected chi connectivity index (χ2v) is 10.6. The summed E-state index contributed by atoms with van der Waals surface area (Å²) in [7, 11) is 4.02. The Morgan fingerprint density at radius 3 is 2.59 bits per heavy atom. The van der Waals surface area contributed by atoms with Gasteiger partial charge < -0.3 is 29.2 Å². The molecule has 8 nitrogen and oxygen atoms in total. The molecule has 4 aromatic rings. The molecule has 1 aromatic heterocycles. The quantitative estimate of drug-likeness (QED) is 0.183. The van der Waals surface area contributed by atoms with E-state index >= 15 is 0 Å². The van der Waals surface area contributed by atoms with E-state index in [1.807, 2.05) is 20.2 Å². The van der Waals surface area contributed by atoms with Gasteiger partial charge in [0.15, 0.2) is 11.5 Å². The smallest absolute Gasteiger partial charge is 0.264 e. The maximum atomic E-state index is 14.5. The first kappa shape index (κ1) is 30.7. The average Bonchev–Trinajstić information content (AvgIpc) is 3.04. The Morgan fingerprint density at radius 2 is 1.80 bits per heavy atom.